The van der Waals surface area contributed by atoms with Gasteiger partial charge in [-0.2, -0.15) is 13.2 Å². The van der Waals surface area contributed by atoms with Crippen LogP contribution in [0.5, 0.6) is 0 Å². The monoisotopic (exact) mass is 488 g/mol. The van der Waals surface area contributed by atoms with Gasteiger partial charge in [0.1, 0.15) is 6.10 Å². The highest BCUT2D eigenvalue weighted by Gasteiger charge is 2.30. The van der Waals surface area contributed by atoms with Crippen LogP contribution < -0.4 is 10.6 Å². The zero-order chi connectivity index (χ0) is 25.0. The molecule has 1 aromatic heterocycles. The molecular weight excluding hydrogens is 465 g/mol. The van der Waals surface area contributed by atoms with Crippen LogP contribution in [0.15, 0.2) is 52.9 Å². The van der Waals surface area contributed by atoms with Gasteiger partial charge in [-0.05, 0) is 73.6 Å². The van der Waals surface area contributed by atoms with Crippen molar-refractivity contribution in [3.63, 3.8) is 0 Å². The number of alkyl halides is 3. The SMILES string of the molecule is CC(=O)OC1CCC(c2ccc(NC(=O)c3nnc(Nc4ccc(C(F)(F)F)cc4)o3)cc2)CC1. The second-order valence-electron chi connectivity index (χ2n) is 8.27. The Kier molecular flexibility index (Phi) is 7.04. The van der Waals surface area contributed by atoms with Gasteiger partial charge >= 0.3 is 30.0 Å². The Morgan fingerprint density at radius 1 is 0.943 bits per heavy atom. The van der Waals surface area contributed by atoms with Crippen LogP contribution in [-0.2, 0) is 15.7 Å². The van der Waals surface area contributed by atoms with Gasteiger partial charge in [-0.25, -0.2) is 0 Å². The lowest BCUT2D eigenvalue weighted by Crippen LogP contribution is -2.22. The number of aromatic nitrogens is 2. The quantitative estimate of drug-likeness (QED) is 0.430. The van der Waals surface area contributed by atoms with Gasteiger partial charge < -0.3 is 19.8 Å². The van der Waals surface area contributed by atoms with Crippen LogP contribution in [-0.4, -0.2) is 28.2 Å². The fourth-order valence-corrected chi connectivity index (χ4v) is 4.00. The largest absolute Gasteiger partial charge is 0.463 e. The minimum atomic E-state index is -4.43. The van der Waals surface area contributed by atoms with Crippen LogP contribution in [0, 0.1) is 0 Å². The standard InChI is InChI=1S/C24H23F3N4O4/c1-14(32)34-20-12-4-16(5-13-20)15-2-8-18(9-3-15)28-21(33)22-30-31-23(35-22)29-19-10-6-17(7-11-19)24(25,26)27/h2-3,6-11,16,20H,4-5,12-13H2,1H3,(H,28,33)(H,29,31). The van der Waals surface area contributed by atoms with Crippen LogP contribution in [0.2, 0.25) is 0 Å². The molecule has 0 unspecified atom stereocenters. The molecule has 1 heterocycles. The molecule has 1 fully saturated rings. The summed E-state index contributed by atoms with van der Waals surface area (Å²) in [5, 5.41) is 12.7. The average Bonchev–Trinajstić information content (AvgIpc) is 3.28. The summed E-state index contributed by atoms with van der Waals surface area (Å²) >= 11 is 0. The van der Waals surface area contributed by atoms with E-state index in [4.69, 9.17) is 9.15 Å². The first kappa shape index (κ1) is 24.2. The second-order valence-corrected chi connectivity index (χ2v) is 8.27. The summed E-state index contributed by atoms with van der Waals surface area (Å²) in [6.07, 6.45) is -0.973. The number of hydrogen-bond acceptors (Lipinski definition) is 7. The Morgan fingerprint density at radius 3 is 2.17 bits per heavy atom. The second kappa shape index (κ2) is 10.2. The van der Waals surface area contributed by atoms with E-state index in [1.54, 1.807) is 12.1 Å². The Morgan fingerprint density at radius 2 is 1.57 bits per heavy atom. The van der Waals surface area contributed by atoms with E-state index in [1.165, 1.54) is 19.1 Å². The smallest absolute Gasteiger partial charge is 0.416 e. The number of halogens is 3. The lowest BCUT2D eigenvalue weighted by molar-refractivity contribution is -0.147. The number of rotatable bonds is 6. The van der Waals surface area contributed by atoms with Gasteiger partial charge in [0.15, 0.2) is 0 Å². The van der Waals surface area contributed by atoms with Gasteiger partial charge in [-0.3, -0.25) is 9.59 Å². The molecule has 0 saturated heterocycles. The Labute approximate surface area is 198 Å². The number of nitrogens with one attached hydrogen (secondary N) is 2. The summed E-state index contributed by atoms with van der Waals surface area (Å²) in [5.41, 5.74) is 1.20. The number of ether oxygens (including phenoxy) is 1. The molecule has 0 radical (unpaired) electrons. The maximum atomic E-state index is 12.7. The zero-order valence-electron chi connectivity index (χ0n) is 18.8. The van der Waals surface area contributed by atoms with E-state index >= 15 is 0 Å². The molecule has 2 aromatic carbocycles. The first-order valence-corrected chi connectivity index (χ1v) is 11.0. The predicted octanol–water partition coefficient (Wildman–Crippen LogP) is 5.67. The molecular formula is C24H23F3N4O4. The summed E-state index contributed by atoms with van der Waals surface area (Å²) in [6, 6.07) is 11.6. The molecule has 0 bridgehead atoms. The molecule has 35 heavy (non-hydrogen) atoms. The molecule has 1 amide bonds. The molecule has 0 spiro atoms. The van der Waals surface area contributed by atoms with Crippen molar-refractivity contribution in [3.8, 4) is 0 Å². The average molecular weight is 488 g/mol. The van der Waals surface area contributed by atoms with Crippen molar-refractivity contribution < 1.29 is 31.9 Å². The Hall–Kier alpha value is -3.89. The number of nitrogens with zero attached hydrogens (tertiary/aromatic N) is 2. The first-order valence-electron chi connectivity index (χ1n) is 11.0. The van der Waals surface area contributed by atoms with Gasteiger partial charge in [0.2, 0.25) is 0 Å². The highest BCUT2D eigenvalue weighted by atomic mass is 19.4. The molecule has 1 aliphatic rings. The van der Waals surface area contributed by atoms with Crippen molar-refractivity contribution in [1.82, 2.24) is 10.2 Å². The van der Waals surface area contributed by atoms with Crippen molar-refractivity contribution in [1.29, 1.82) is 0 Å². The third-order valence-corrected chi connectivity index (χ3v) is 5.73. The van der Waals surface area contributed by atoms with Crippen molar-refractivity contribution in [2.24, 2.45) is 0 Å². The van der Waals surface area contributed by atoms with Crippen molar-refractivity contribution in [2.75, 3.05) is 10.6 Å². The highest BCUT2D eigenvalue weighted by molar-refractivity contribution is 6.00. The maximum Gasteiger partial charge on any atom is 0.416 e. The number of esters is 1. The Bertz CT molecular complexity index is 1170. The summed E-state index contributed by atoms with van der Waals surface area (Å²) < 4.78 is 48.5. The van der Waals surface area contributed by atoms with E-state index in [2.05, 4.69) is 20.8 Å². The van der Waals surface area contributed by atoms with Crippen LogP contribution in [0.25, 0.3) is 0 Å². The topological polar surface area (TPSA) is 106 Å². The number of anilines is 3. The van der Waals surface area contributed by atoms with Crippen molar-refractivity contribution in [3.05, 3.63) is 65.5 Å². The van der Waals surface area contributed by atoms with E-state index in [1.807, 2.05) is 12.1 Å². The number of amides is 1. The third kappa shape index (κ3) is 6.37. The summed E-state index contributed by atoms with van der Waals surface area (Å²) in [4.78, 5) is 23.6. The van der Waals surface area contributed by atoms with Gasteiger partial charge in [-0.15, -0.1) is 5.10 Å². The number of benzene rings is 2. The van der Waals surface area contributed by atoms with Crippen LogP contribution in [0.1, 0.15) is 60.3 Å². The minimum absolute atomic E-state index is 0.0182. The maximum absolute atomic E-state index is 12.7. The van der Waals surface area contributed by atoms with E-state index in [-0.39, 0.29) is 24.0 Å². The summed E-state index contributed by atoms with van der Waals surface area (Å²) in [7, 11) is 0. The van der Waals surface area contributed by atoms with E-state index in [0.717, 1.165) is 43.4 Å². The van der Waals surface area contributed by atoms with Crippen LogP contribution in [0.3, 0.4) is 0 Å². The molecule has 11 heteroatoms. The highest BCUT2D eigenvalue weighted by Crippen LogP contribution is 2.34. The fraction of sp³-hybridized carbons (Fsp3) is 0.333. The predicted molar refractivity (Wildman–Crippen MR) is 120 cm³/mol. The molecule has 0 aliphatic heterocycles. The molecule has 4 rings (SSSR count). The first-order chi connectivity index (χ1) is 16.7. The lowest BCUT2D eigenvalue weighted by Gasteiger charge is -2.28. The van der Waals surface area contributed by atoms with E-state index < -0.39 is 17.6 Å². The number of carbonyl (C=O) groups excluding carboxylic acids is 2. The normalized spacial score (nSPS) is 18.1. The Balaban J connectivity index is 1.30. The van der Waals surface area contributed by atoms with Crippen molar-refractivity contribution in [2.45, 2.75) is 50.8 Å². The van der Waals surface area contributed by atoms with E-state index in [0.29, 0.717) is 17.3 Å². The molecule has 1 aliphatic carbocycles. The van der Waals surface area contributed by atoms with Crippen LogP contribution >= 0.6 is 0 Å². The minimum Gasteiger partial charge on any atom is -0.463 e. The summed E-state index contributed by atoms with van der Waals surface area (Å²) in [5.74, 6) is -0.807. The fourth-order valence-electron chi connectivity index (χ4n) is 4.00. The number of hydrogen-bond donors (Lipinski definition) is 2. The van der Waals surface area contributed by atoms with Gasteiger partial charge in [-0.1, -0.05) is 17.2 Å². The zero-order valence-corrected chi connectivity index (χ0v) is 18.8. The number of carbonyl (C=O) groups is 2. The molecule has 1 saturated carbocycles. The van der Waals surface area contributed by atoms with Gasteiger partial charge in [0.25, 0.3) is 0 Å². The summed E-state index contributed by atoms with van der Waals surface area (Å²) in [6.45, 7) is 1.42. The lowest BCUT2D eigenvalue weighted by atomic mass is 9.82. The molecule has 0 atom stereocenters. The van der Waals surface area contributed by atoms with Gasteiger partial charge in [0.05, 0.1) is 5.56 Å². The third-order valence-electron chi connectivity index (χ3n) is 5.73. The van der Waals surface area contributed by atoms with E-state index in [9.17, 15) is 22.8 Å². The molecule has 2 N–H and O–H groups in total. The molecule has 184 valence electrons. The molecule has 8 nitrogen and oxygen atoms in total. The van der Waals surface area contributed by atoms with Gasteiger partial charge in [0, 0.05) is 18.3 Å². The van der Waals surface area contributed by atoms with Crippen LogP contribution in [0.4, 0.5) is 30.6 Å². The molecule has 3 aromatic rings. The van der Waals surface area contributed by atoms with Crippen molar-refractivity contribution >= 4 is 29.3 Å².